The van der Waals surface area contributed by atoms with Gasteiger partial charge >= 0.3 is 0 Å². The van der Waals surface area contributed by atoms with Crippen molar-refractivity contribution in [3.63, 3.8) is 0 Å². The van der Waals surface area contributed by atoms with Crippen LogP contribution >= 0.6 is 0 Å². The van der Waals surface area contributed by atoms with Crippen LogP contribution in [0.4, 0.5) is 5.69 Å². The summed E-state index contributed by atoms with van der Waals surface area (Å²) < 4.78 is 1.58. The summed E-state index contributed by atoms with van der Waals surface area (Å²) >= 11 is 0. The first-order chi connectivity index (χ1) is 12.6. The van der Waals surface area contributed by atoms with Gasteiger partial charge in [-0.1, -0.05) is 35.5 Å². The highest BCUT2D eigenvalue weighted by atomic mass is 16.2. The Morgan fingerprint density at radius 1 is 1.08 bits per heavy atom. The van der Waals surface area contributed by atoms with Crippen LogP contribution in [0.15, 0.2) is 67.0 Å². The third-order valence-corrected chi connectivity index (χ3v) is 3.75. The molecule has 0 bridgehead atoms. The molecule has 7 nitrogen and oxygen atoms in total. The number of para-hydroxylation sites is 2. The molecule has 3 aromatic rings. The number of hydrogen-bond donors (Lipinski definition) is 2. The Balaban J connectivity index is 1.60. The summed E-state index contributed by atoms with van der Waals surface area (Å²) in [4.78, 5) is 24.5. The molecule has 1 aromatic heterocycles. The zero-order valence-electron chi connectivity index (χ0n) is 14.3. The van der Waals surface area contributed by atoms with Gasteiger partial charge in [0.2, 0.25) is 5.91 Å². The molecule has 7 heteroatoms. The summed E-state index contributed by atoms with van der Waals surface area (Å²) in [6.07, 6.45) is 3.43. The lowest BCUT2D eigenvalue weighted by atomic mass is 10.1. The largest absolute Gasteiger partial charge is 0.349 e. The standard InChI is InChI=1S/C19H19N5O2/c1-14(21-19(26)15-7-3-2-4-8-15)13-18(25)22-16-9-5-6-10-17(16)24-12-11-20-23-24/h2-12,14H,13H2,1H3,(H,21,26)(H,22,25). The first-order valence-corrected chi connectivity index (χ1v) is 8.25. The molecule has 0 spiro atoms. The molecule has 1 atom stereocenters. The monoisotopic (exact) mass is 349 g/mol. The molecule has 1 heterocycles. The minimum absolute atomic E-state index is 0.157. The molecule has 0 aliphatic carbocycles. The van der Waals surface area contributed by atoms with Crippen LogP contribution in [0.5, 0.6) is 0 Å². The molecule has 2 N–H and O–H groups in total. The second kappa shape index (κ2) is 8.06. The van der Waals surface area contributed by atoms with Gasteiger partial charge in [0.1, 0.15) is 0 Å². The average Bonchev–Trinajstić information content (AvgIpc) is 3.17. The molecule has 2 aromatic carbocycles. The van der Waals surface area contributed by atoms with Gasteiger partial charge < -0.3 is 10.6 Å². The van der Waals surface area contributed by atoms with Gasteiger partial charge in [0.15, 0.2) is 0 Å². The minimum atomic E-state index is -0.304. The highest BCUT2D eigenvalue weighted by molar-refractivity contribution is 5.96. The van der Waals surface area contributed by atoms with Crippen LogP contribution in [-0.4, -0.2) is 32.9 Å². The summed E-state index contributed by atoms with van der Waals surface area (Å²) in [5, 5.41) is 13.4. The van der Waals surface area contributed by atoms with E-state index < -0.39 is 0 Å². The lowest BCUT2D eigenvalue weighted by Crippen LogP contribution is -2.35. The van der Waals surface area contributed by atoms with Crippen LogP contribution < -0.4 is 10.6 Å². The summed E-state index contributed by atoms with van der Waals surface area (Å²) in [6.45, 7) is 1.80. The van der Waals surface area contributed by atoms with Crippen LogP contribution in [0, 0.1) is 0 Å². The van der Waals surface area contributed by atoms with E-state index in [-0.39, 0.29) is 24.3 Å². The fourth-order valence-electron chi connectivity index (χ4n) is 2.54. The van der Waals surface area contributed by atoms with Crippen molar-refractivity contribution in [2.75, 3.05) is 5.32 Å². The molecule has 3 rings (SSSR count). The number of hydrogen-bond acceptors (Lipinski definition) is 4. The quantitative estimate of drug-likeness (QED) is 0.715. The molecule has 0 saturated heterocycles. The summed E-state index contributed by atoms with van der Waals surface area (Å²) in [5.41, 5.74) is 1.92. The number of carbonyl (C=O) groups excluding carboxylic acids is 2. The Bertz CT molecular complexity index is 878. The van der Waals surface area contributed by atoms with Crippen molar-refractivity contribution in [2.24, 2.45) is 0 Å². The van der Waals surface area contributed by atoms with Gasteiger partial charge in [-0.05, 0) is 31.2 Å². The Hall–Kier alpha value is -3.48. The van der Waals surface area contributed by atoms with E-state index in [1.807, 2.05) is 24.3 Å². The van der Waals surface area contributed by atoms with Crippen molar-refractivity contribution >= 4 is 17.5 Å². The van der Waals surface area contributed by atoms with E-state index in [2.05, 4.69) is 20.9 Å². The van der Waals surface area contributed by atoms with Crippen molar-refractivity contribution in [2.45, 2.75) is 19.4 Å². The third-order valence-electron chi connectivity index (χ3n) is 3.75. The van der Waals surface area contributed by atoms with Crippen molar-refractivity contribution in [1.82, 2.24) is 20.3 Å². The molecule has 26 heavy (non-hydrogen) atoms. The molecule has 0 aliphatic rings. The zero-order chi connectivity index (χ0) is 18.4. The molecular formula is C19H19N5O2. The van der Waals surface area contributed by atoms with E-state index in [9.17, 15) is 9.59 Å². The maximum absolute atomic E-state index is 12.4. The number of nitrogens with one attached hydrogen (secondary N) is 2. The highest BCUT2D eigenvalue weighted by Crippen LogP contribution is 2.19. The smallest absolute Gasteiger partial charge is 0.251 e. The number of benzene rings is 2. The molecule has 0 aliphatic heterocycles. The van der Waals surface area contributed by atoms with Crippen LogP contribution in [0.3, 0.4) is 0 Å². The Labute approximate surface area is 151 Å². The average molecular weight is 349 g/mol. The van der Waals surface area contributed by atoms with Gasteiger partial charge in [-0.3, -0.25) is 9.59 Å². The highest BCUT2D eigenvalue weighted by Gasteiger charge is 2.14. The molecule has 1 unspecified atom stereocenters. The number of amides is 2. The van der Waals surface area contributed by atoms with E-state index >= 15 is 0 Å². The predicted molar refractivity (Wildman–Crippen MR) is 98.0 cm³/mol. The number of carbonyl (C=O) groups is 2. The van der Waals surface area contributed by atoms with Crippen LogP contribution in [0.25, 0.3) is 5.69 Å². The third kappa shape index (κ3) is 4.32. The molecule has 0 fully saturated rings. The van der Waals surface area contributed by atoms with Gasteiger partial charge in [0.25, 0.3) is 5.91 Å². The van der Waals surface area contributed by atoms with Crippen molar-refractivity contribution in [1.29, 1.82) is 0 Å². The number of anilines is 1. The lowest BCUT2D eigenvalue weighted by Gasteiger charge is -2.15. The SMILES string of the molecule is CC(CC(=O)Nc1ccccc1-n1ccnn1)NC(=O)c1ccccc1. The van der Waals surface area contributed by atoms with Gasteiger partial charge in [-0.25, -0.2) is 4.68 Å². The van der Waals surface area contributed by atoms with Crippen LogP contribution in [0.1, 0.15) is 23.7 Å². The fraction of sp³-hybridized carbons (Fsp3) is 0.158. The normalized spacial score (nSPS) is 11.6. The summed E-state index contributed by atoms with van der Waals surface area (Å²) in [6, 6.07) is 15.9. The number of aromatic nitrogens is 3. The summed E-state index contributed by atoms with van der Waals surface area (Å²) in [5.74, 6) is -0.396. The van der Waals surface area contributed by atoms with Crippen molar-refractivity contribution < 1.29 is 9.59 Å². The molecule has 132 valence electrons. The van der Waals surface area contributed by atoms with Crippen LogP contribution in [-0.2, 0) is 4.79 Å². The number of rotatable bonds is 6. The van der Waals surface area contributed by atoms with E-state index in [0.717, 1.165) is 5.69 Å². The van der Waals surface area contributed by atoms with Crippen molar-refractivity contribution in [3.8, 4) is 5.69 Å². The topological polar surface area (TPSA) is 88.9 Å². The van der Waals surface area contributed by atoms with E-state index in [0.29, 0.717) is 11.3 Å². The van der Waals surface area contributed by atoms with Crippen LogP contribution in [0.2, 0.25) is 0 Å². The molecule has 0 saturated carbocycles. The van der Waals surface area contributed by atoms with Gasteiger partial charge in [0.05, 0.1) is 23.8 Å². The van der Waals surface area contributed by atoms with E-state index in [4.69, 9.17) is 0 Å². The minimum Gasteiger partial charge on any atom is -0.349 e. The van der Waals surface area contributed by atoms with Crippen molar-refractivity contribution in [3.05, 3.63) is 72.6 Å². The first-order valence-electron chi connectivity index (χ1n) is 8.25. The molecule has 2 amide bonds. The van der Waals surface area contributed by atoms with Gasteiger partial charge in [-0.2, -0.15) is 0 Å². The van der Waals surface area contributed by atoms with Gasteiger partial charge in [-0.15, -0.1) is 5.10 Å². The Morgan fingerprint density at radius 3 is 2.54 bits per heavy atom. The maximum Gasteiger partial charge on any atom is 0.251 e. The predicted octanol–water partition coefficient (Wildman–Crippen LogP) is 2.41. The maximum atomic E-state index is 12.4. The molecule has 0 radical (unpaired) electrons. The second-order valence-corrected chi connectivity index (χ2v) is 5.86. The zero-order valence-corrected chi connectivity index (χ0v) is 14.3. The first kappa shape index (κ1) is 17.3. The lowest BCUT2D eigenvalue weighted by molar-refractivity contribution is -0.116. The Kier molecular flexibility index (Phi) is 5.38. The fourth-order valence-corrected chi connectivity index (χ4v) is 2.54. The number of nitrogens with zero attached hydrogens (tertiary/aromatic N) is 3. The van der Waals surface area contributed by atoms with Gasteiger partial charge in [0, 0.05) is 18.0 Å². The molecular weight excluding hydrogens is 330 g/mol. The van der Waals surface area contributed by atoms with E-state index in [1.165, 1.54) is 0 Å². The summed E-state index contributed by atoms with van der Waals surface area (Å²) in [7, 11) is 0. The van der Waals surface area contributed by atoms with E-state index in [1.54, 1.807) is 54.3 Å². The second-order valence-electron chi connectivity index (χ2n) is 5.86. The Morgan fingerprint density at radius 2 is 1.81 bits per heavy atom.